The van der Waals surface area contributed by atoms with Gasteiger partial charge >= 0.3 is 0 Å². The Kier molecular flexibility index (Phi) is 7.21. The zero-order valence-corrected chi connectivity index (χ0v) is 18.5. The zero-order chi connectivity index (χ0) is 21.5. The van der Waals surface area contributed by atoms with Gasteiger partial charge in [-0.15, -0.1) is 0 Å². The minimum absolute atomic E-state index is 0.308. The van der Waals surface area contributed by atoms with Crippen molar-refractivity contribution in [2.24, 2.45) is 4.99 Å². The fourth-order valence-electron chi connectivity index (χ4n) is 3.48. The van der Waals surface area contributed by atoms with E-state index in [-0.39, 0.29) is 0 Å². The van der Waals surface area contributed by atoms with Gasteiger partial charge in [-0.25, -0.2) is 4.98 Å². The second-order valence-electron chi connectivity index (χ2n) is 7.49. The molecular formula is C22H32N6O2. The predicted molar refractivity (Wildman–Crippen MR) is 122 cm³/mol. The van der Waals surface area contributed by atoms with Crippen LogP contribution in [0.15, 0.2) is 41.5 Å². The molecule has 0 radical (unpaired) electrons. The van der Waals surface area contributed by atoms with E-state index in [0.29, 0.717) is 12.6 Å². The average molecular weight is 413 g/mol. The van der Waals surface area contributed by atoms with Crippen molar-refractivity contribution in [1.82, 2.24) is 15.6 Å². The van der Waals surface area contributed by atoms with Crippen LogP contribution in [0.2, 0.25) is 0 Å². The maximum Gasteiger partial charge on any atom is 0.191 e. The number of methoxy groups -OCH3 is 2. The summed E-state index contributed by atoms with van der Waals surface area (Å²) < 4.78 is 10.8. The molecule has 1 fully saturated rings. The first kappa shape index (κ1) is 21.5. The third-order valence-corrected chi connectivity index (χ3v) is 5.18. The van der Waals surface area contributed by atoms with Crippen LogP contribution < -0.4 is 29.9 Å². The van der Waals surface area contributed by atoms with Gasteiger partial charge in [-0.1, -0.05) is 0 Å². The second-order valence-corrected chi connectivity index (χ2v) is 7.49. The number of pyridine rings is 1. The molecule has 2 heterocycles. The Morgan fingerprint density at radius 1 is 1.20 bits per heavy atom. The summed E-state index contributed by atoms with van der Waals surface area (Å²) in [6.07, 6.45) is 2.86. The third-order valence-electron chi connectivity index (χ3n) is 5.18. The maximum absolute atomic E-state index is 5.40. The zero-order valence-electron chi connectivity index (χ0n) is 18.5. The van der Waals surface area contributed by atoms with Crippen LogP contribution in [0, 0.1) is 0 Å². The van der Waals surface area contributed by atoms with Gasteiger partial charge in [-0.05, 0) is 24.1 Å². The summed E-state index contributed by atoms with van der Waals surface area (Å²) in [7, 11) is 9.13. The van der Waals surface area contributed by atoms with Gasteiger partial charge < -0.3 is 29.9 Å². The number of hydrogen-bond donors (Lipinski definition) is 2. The Bertz CT molecular complexity index is 848. The molecule has 162 valence electrons. The Hall–Kier alpha value is -3.16. The van der Waals surface area contributed by atoms with Gasteiger partial charge in [-0.3, -0.25) is 4.99 Å². The highest BCUT2D eigenvalue weighted by molar-refractivity contribution is 5.80. The molecule has 0 amide bonds. The van der Waals surface area contributed by atoms with Crippen LogP contribution in [0.5, 0.6) is 11.5 Å². The number of benzene rings is 1. The molecule has 2 N–H and O–H groups in total. The van der Waals surface area contributed by atoms with E-state index in [1.807, 2.05) is 49.5 Å². The summed E-state index contributed by atoms with van der Waals surface area (Å²) in [5.41, 5.74) is 2.26. The molecule has 0 spiro atoms. The van der Waals surface area contributed by atoms with Crippen molar-refractivity contribution in [3.8, 4) is 11.5 Å². The van der Waals surface area contributed by atoms with Crippen molar-refractivity contribution >= 4 is 17.5 Å². The van der Waals surface area contributed by atoms with Crippen LogP contribution in [0.3, 0.4) is 0 Å². The molecule has 8 heteroatoms. The summed E-state index contributed by atoms with van der Waals surface area (Å²) in [6, 6.07) is 10.4. The van der Waals surface area contributed by atoms with Gasteiger partial charge in [0.2, 0.25) is 0 Å². The monoisotopic (exact) mass is 412 g/mol. The Balaban J connectivity index is 1.57. The van der Waals surface area contributed by atoms with Crippen LogP contribution in [-0.2, 0) is 6.54 Å². The molecule has 1 aromatic carbocycles. The lowest BCUT2D eigenvalue weighted by molar-refractivity contribution is 0.394. The molecule has 30 heavy (non-hydrogen) atoms. The lowest BCUT2D eigenvalue weighted by Crippen LogP contribution is -2.44. The second kappa shape index (κ2) is 10.0. The number of aromatic nitrogens is 1. The molecule has 1 unspecified atom stereocenters. The van der Waals surface area contributed by atoms with E-state index < -0.39 is 0 Å². The van der Waals surface area contributed by atoms with E-state index in [1.165, 1.54) is 0 Å². The fraction of sp³-hybridized carbons (Fsp3) is 0.455. The maximum atomic E-state index is 5.40. The Morgan fingerprint density at radius 2 is 1.93 bits per heavy atom. The van der Waals surface area contributed by atoms with Crippen molar-refractivity contribution in [3.63, 3.8) is 0 Å². The summed E-state index contributed by atoms with van der Waals surface area (Å²) >= 11 is 0. The standard InChI is InChI=1S/C22H32N6O2/c1-23-22(25-14-16-6-8-24-21(10-16)27(2)3)26-17-7-9-28(15-17)18-11-19(29-4)13-20(12-18)30-5/h6,8,10-13,17H,7,9,14-15H2,1-5H3,(H2,23,25,26). The Labute approximate surface area is 178 Å². The number of aliphatic imine (C=N–C) groups is 1. The minimum Gasteiger partial charge on any atom is -0.497 e. The number of nitrogens with zero attached hydrogens (tertiary/aromatic N) is 4. The number of rotatable bonds is 7. The third kappa shape index (κ3) is 5.46. The smallest absolute Gasteiger partial charge is 0.191 e. The summed E-state index contributed by atoms with van der Waals surface area (Å²) in [5, 5.41) is 6.94. The topological polar surface area (TPSA) is 74.3 Å². The van der Waals surface area contributed by atoms with Crippen LogP contribution in [0.25, 0.3) is 0 Å². The number of anilines is 2. The number of ether oxygens (including phenoxy) is 2. The molecule has 1 aliphatic rings. The number of guanidine groups is 1. The molecule has 1 aromatic heterocycles. The molecule has 0 bridgehead atoms. The van der Waals surface area contributed by atoms with Crippen molar-refractivity contribution in [3.05, 3.63) is 42.1 Å². The van der Waals surface area contributed by atoms with Gasteiger partial charge in [0.1, 0.15) is 17.3 Å². The Morgan fingerprint density at radius 3 is 2.57 bits per heavy atom. The van der Waals surface area contributed by atoms with Crippen molar-refractivity contribution < 1.29 is 9.47 Å². The fourth-order valence-corrected chi connectivity index (χ4v) is 3.48. The first-order chi connectivity index (χ1) is 14.5. The molecule has 0 aliphatic carbocycles. The summed E-state index contributed by atoms with van der Waals surface area (Å²) in [6.45, 7) is 2.53. The highest BCUT2D eigenvalue weighted by Gasteiger charge is 2.24. The minimum atomic E-state index is 0.308. The summed E-state index contributed by atoms with van der Waals surface area (Å²) in [4.78, 5) is 13.1. The molecule has 3 rings (SSSR count). The van der Waals surface area contributed by atoms with Gasteiger partial charge in [0.25, 0.3) is 0 Å². The largest absolute Gasteiger partial charge is 0.497 e. The average Bonchev–Trinajstić information content (AvgIpc) is 3.25. The van der Waals surface area contributed by atoms with E-state index >= 15 is 0 Å². The van der Waals surface area contributed by atoms with E-state index in [9.17, 15) is 0 Å². The number of nitrogens with one attached hydrogen (secondary N) is 2. The highest BCUT2D eigenvalue weighted by Crippen LogP contribution is 2.30. The lowest BCUT2D eigenvalue weighted by Gasteiger charge is -2.21. The van der Waals surface area contributed by atoms with Crippen molar-refractivity contribution in [1.29, 1.82) is 0 Å². The first-order valence-electron chi connectivity index (χ1n) is 10.1. The normalized spacial score (nSPS) is 16.4. The van der Waals surface area contributed by atoms with Crippen molar-refractivity contribution in [2.75, 3.05) is 58.3 Å². The molecule has 1 atom stereocenters. The van der Waals surface area contributed by atoms with E-state index in [4.69, 9.17) is 9.47 Å². The quantitative estimate of drug-likeness (QED) is 0.533. The van der Waals surface area contributed by atoms with Gasteiger partial charge in [0.15, 0.2) is 5.96 Å². The molecular weight excluding hydrogens is 380 g/mol. The SMILES string of the molecule is CN=C(NCc1ccnc(N(C)C)c1)NC1CCN(c2cc(OC)cc(OC)c2)C1. The van der Waals surface area contributed by atoms with Gasteiger partial charge in [0.05, 0.1) is 14.2 Å². The van der Waals surface area contributed by atoms with Crippen LogP contribution in [0.1, 0.15) is 12.0 Å². The van der Waals surface area contributed by atoms with Crippen LogP contribution in [0.4, 0.5) is 11.5 Å². The lowest BCUT2D eigenvalue weighted by atomic mass is 10.2. The van der Waals surface area contributed by atoms with E-state index in [2.05, 4.69) is 31.6 Å². The van der Waals surface area contributed by atoms with Crippen LogP contribution in [-0.4, -0.2) is 65.4 Å². The highest BCUT2D eigenvalue weighted by atomic mass is 16.5. The molecule has 1 saturated heterocycles. The number of hydrogen-bond acceptors (Lipinski definition) is 6. The molecule has 0 saturated carbocycles. The first-order valence-corrected chi connectivity index (χ1v) is 10.1. The summed E-state index contributed by atoms with van der Waals surface area (Å²) in [5.74, 6) is 3.34. The van der Waals surface area contributed by atoms with Crippen molar-refractivity contribution in [2.45, 2.75) is 19.0 Å². The molecule has 2 aromatic rings. The molecule has 1 aliphatic heterocycles. The van der Waals surface area contributed by atoms with Gasteiger partial charge in [0, 0.05) is 76.9 Å². The molecule has 8 nitrogen and oxygen atoms in total. The van der Waals surface area contributed by atoms with E-state index in [0.717, 1.165) is 54.0 Å². The van der Waals surface area contributed by atoms with E-state index in [1.54, 1.807) is 21.3 Å². The van der Waals surface area contributed by atoms with Gasteiger partial charge in [-0.2, -0.15) is 0 Å². The van der Waals surface area contributed by atoms with Crippen LogP contribution >= 0.6 is 0 Å². The predicted octanol–water partition coefficient (Wildman–Crippen LogP) is 2.11.